The van der Waals surface area contributed by atoms with Crippen molar-refractivity contribution in [1.29, 1.82) is 0 Å². The Morgan fingerprint density at radius 2 is 1.79 bits per heavy atom. The van der Waals surface area contributed by atoms with E-state index in [1.807, 2.05) is 18.2 Å². The summed E-state index contributed by atoms with van der Waals surface area (Å²) in [6.07, 6.45) is 6.47. The number of carbonyl (C=O) groups is 1. The lowest BCUT2D eigenvalue weighted by molar-refractivity contribution is -0.127. The second kappa shape index (κ2) is 10.8. The highest BCUT2D eigenvalue weighted by Crippen LogP contribution is 2.32. The summed E-state index contributed by atoms with van der Waals surface area (Å²) in [5.74, 6) is 1.53. The predicted octanol–water partition coefficient (Wildman–Crippen LogP) is 3.82. The van der Waals surface area contributed by atoms with Crippen molar-refractivity contribution in [2.75, 3.05) is 37.7 Å². The number of piperidine rings is 1. The van der Waals surface area contributed by atoms with Gasteiger partial charge in [0.25, 0.3) is 0 Å². The molecule has 1 N–H and O–H groups in total. The number of anilines is 1. The minimum Gasteiger partial charge on any atom is -0.381 e. The first-order valence-corrected chi connectivity index (χ1v) is 15.6. The van der Waals surface area contributed by atoms with Gasteiger partial charge in [-0.25, -0.2) is 4.98 Å². The Hall–Kier alpha value is -2.17. The lowest BCUT2D eigenvalue weighted by Gasteiger charge is -2.35. The molecule has 10 heteroatoms. The third-order valence-electron chi connectivity index (χ3n) is 8.50. The van der Waals surface area contributed by atoms with Crippen LogP contribution in [0.25, 0.3) is 11.0 Å². The van der Waals surface area contributed by atoms with Crippen LogP contribution in [0.5, 0.6) is 0 Å². The molecule has 38 heavy (non-hydrogen) atoms. The Kier molecular flexibility index (Phi) is 7.77. The van der Waals surface area contributed by atoms with Gasteiger partial charge in [0.2, 0.25) is 5.91 Å². The molecule has 3 aliphatic rings. The highest BCUT2D eigenvalue weighted by Gasteiger charge is 2.35. The van der Waals surface area contributed by atoms with Gasteiger partial charge in [-0.1, -0.05) is 20.8 Å². The van der Waals surface area contributed by atoms with E-state index in [2.05, 4.69) is 30.7 Å². The van der Waals surface area contributed by atoms with E-state index in [0.29, 0.717) is 43.6 Å². The molecule has 210 valence electrons. The number of ether oxygens (including phenoxy) is 1. The molecule has 0 atom stereocenters. The number of imidazole rings is 1. The van der Waals surface area contributed by atoms with Gasteiger partial charge in [0.05, 0.1) is 16.7 Å². The molecule has 1 aliphatic carbocycles. The van der Waals surface area contributed by atoms with Crippen molar-refractivity contribution in [3.63, 3.8) is 0 Å². The van der Waals surface area contributed by atoms with Gasteiger partial charge in [0, 0.05) is 57.3 Å². The van der Waals surface area contributed by atoms with Crippen molar-refractivity contribution in [1.82, 2.24) is 19.2 Å². The number of rotatable bonds is 7. The van der Waals surface area contributed by atoms with Gasteiger partial charge in [0.15, 0.2) is 0 Å². The number of nitrogens with zero attached hydrogens (tertiary/aromatic N) is 4. The number of aromatic nitrogens is 2. The van der Waals surface area contributed by atoms with Crippen LogP contribution in [-0.2, 0) is 31.7 Å². The molecule has 1 amide bonds. The standard InChI is InChI=1S/C28H43N5O4S/c1-28(2,3)27-30-24-18-23(8-9-25(24)33(27)19-20-12-16-37-17-13-20)31(4)38(35,36)32-14-10-21(11-15-32)26(34)29-22-6-5-7-22/h8-9,18,20-22H,5-7,10-17,19H2,1-4H3,(H,29,34). The van der Waals surface area contributed by atoms with Crippen LogP contribution in [0.15, 0.2) is 18.2 Å². The van der Waals surface area contributed by atoms with Gasteiger partial charge >= 0.3 is 10.2 Å². The van der Waals surface area contributed by atoms with Crippen molar-refractivity contribution in [2.24, 2.45) is 11.8 Å². The molecule has 3 fully saturated rings. The summed E-state index contributed by atoms with van der Waals surface area (Å²) in [7, 11) is -2.11. The van der Waals surface area contributed by atoms with Gasteiger partial charge in [-0.15, -0.1) is 0 Å². The normalized spacial score (nSPS) is 20.9. The molecular formula is C28H43N5O4S. The minimum absolute atomic E-state index is 0.0801. The smallest absolute Gasteiger partial charge is 0.303 e. The average molecular weight is 546 g/mol. The van der Waals surface area contributed by atoms with E-state index in [0.717, 1.165) is 62.3 Å². The van der Waals surface area contributed by atoms with Crippen LogP contribution in [0.1, 0.15) is 71.5 Å². The molecule has 1 aromatic heterocycles. The van der Waals surface area contributed by atoms with Crippen molar-refractivity contribution >= 4 is 32.8 Å². The summed E-state index contributed by atoms with van der Waals surface area (Å²) in [4.78, 5) is 17.6. The second-order valence-corrected chi connectivity index (χ2v) is 14.3. The molecule has 3 heterocycles. The van der Waals surface area contributed by atoms with Crippen LogP contribution in [0.2, 0.25) is 0 Å². The third kappa shape index (κ3) is 5.58. The van der Waals surface area contributed by atoms with E-state index in [-0.39, 0.29) is 17.2 Å². The largest absolute Gasteiger partial charge is 0.381 e. The molecular weight excluding hydrogens is 502 g/mol. The highest BCUT2D eigenvalue weighted by molar-refractivity contribution is 7.90. The SMILES string of the molecule is CN(c1ccc2c(c1)nc(C(C)(C)C)n2CC1CCOCC1)S(=O)(=O)N1CCC(C(=O)NC2CCC2)CC1. The van der Waals surface area contributed by atoms with Crippen LogP contribution in [0.4, 0.5) is 5.69 Å². The van der Waals surface area contributed by atoms with Gasteiger partial charge < -0.3 is 14.6 Å². The van der Waals surface area contributed by atoms with Crippen LogP contribution in [-0.4, -0.2) is 67.6 Å². The molecule has 1 aromatic carbocycles. The summed E-state index contributed by atoms with van der Waals surface area (Å²) in [5, 5.41) is 3.12. The molecule has 2 aromatic rings. The van der Waals surface area contributed by atoms with Crippen molar-refractivity contribution in [2.45, 2.75) is 83.7 Å². The summed E-state index contributed by atoms with van der Waals surface area (Å²) in [6.45, 7) is 9.71. The molecule has 5 rings (SSSR count). The molecule has 0 bridgehead atoms. The Labute approximate surface area is 227 Å². The summed E-state index contributed by atoms with van der Waals surface area (Å²) < 4.78 is 37.8. The average Bonchev–Trinajstić information content (AvgIpc) is 3.24. The van der Waals surface area contributed by atoms with Crippen LogP contribution >= 0.6 is 0 Å². The molecule has 0 unspecified atom stereocenters. The van der Waals surface area contributed by atoms with E-state index >= 15 is 0 Å². The lowest BCUT2D eigenvalue weighted by atomic mass is 9.91. The molecule has 2 aliphatic heterocycles. The number of fused-ring (bicyclic) bond motifs is 1. The maximum absolute atomic E-state index is 13.5. The number of hydrogen-bond acceptors (Lipinski definition) is 5. The van der Waals surface area contributed by atoms with Gasteiger partial charge in [0.1, 0.15) is 5.82 Å². The number of amides is 1. The first-order chi connectivity index (χ1) is 18.0. The van der Waals surface area contributed by atoms with E-state index in [9.17, 15) is 13.2 Å². The first kappa shape index (κ1) is 27.4. The van der Waals surface area contributed by atoms with Crippen molar-refractivity contribution in [3.8, 4) is 0 Å². The summed E-state index contributed by atoms with van der Waals surface area (Å²) in [5.41, 5.74) is 2.30. The van der Waals surface area contributed by atoms with Crippen LogP contribution in [0.3, 0.4) is 0 Å². The second-order valence-electron chi connectivity index (χ2n) is 12.3. The van der Waals surface area contributed by atoms with Gasteiger partial charge in [-0.05, 0) is 69.1 Å². The van der Waals surface area contributed by atoms with E-state index in [1.165, 1.54) is 15.0 Å². The Balaban J connectivity index is 1.32. The molecule has 2 saturated heterocycles. The fourth-order valence-electron chi connectivity index (χ4n) is 5.79. The van der Waals surface area contributed by atoms with Crippen LogP contribution < -0.4 is 9.62 Å². The van der Waals surface area contributed by atoms with Gasteiger partial charge in [-0.3, -0.25) is 9.10 Å². The third-order valence-corrected chi connectivity index (χ3v) is 10.4. The first-order valence-electron chi connectivity index (χ1n) is 14.2. The van der Waals surface area contributed by atoms with Crippen molar-refractivity contribution in [3.05, 3.63) is 24.0 Å². The maximum Gasteiger partial charge on any atom is 0.303 e. The molecule has 9 nitrogen and oxygen atoms in total. The Bertz CT molecular complexity index is 1250. The fraction of sp³-hybridized carbons (Fsp3) is 0.714. The monoisotopic (exact) mass is 545 g/mol. The van der Waals surface area contributed by atoms with E-state index < -0.39 is 10.2 Å². The minimum atomic E-state index is -3.72. The number of hydrogen-bond donors (Lipinski definition) is 1. The van der Waals surface area contributed by atoms with E-state index in [4.69, 9.17) is 9.72 Å². The Morgan fingerprint density at radius 1 is 1.11 bits per heavy atom. The van der Waals surface area contributed by atoms with Gasteiger partial charge in [-0.2, -0.15) is 12.7 Å². The lowest BCUT2D eigenvalue weighted by Crippen LogP contribution is -2.49. The zero-order valence-corrected chi connectivity index (χ0v) is 24.1. The molecule has 0 spiro atoms. The number of carbonyl (C=O) groups excluding carboxylic acids is 1. The topological polar surface area (TPSA) is 96.8 Å². The zero-order chi connectivity index (χ0) is 27.1. The predicted molar refractivity (Wildman–Crippen MR) is 149 cm³/mol. The maximum atomic E-state index is 13.5. The number of nitrogens with one attached hydrogen (secondary N) is 1. The zero-order valence-electron chi connectivity index (χ0n) is 23.3. The fourth-order valence-corrected chi connectivity index (χ4v) is 7.18. The molecule has 1 saturated carbocycles. The van der Waals surface area contributed by atoms with Crippen LogP contribution in [0, 0.1) is 11.8 Å². The molecule has 0 radical (unpaired) electrons. The Morgan fingerprint density at radius 3 is 2.39 bits per heavy atom. The quantitative estimate of drug-likeness (QED) is 0.571. The van der Waals surface area contributed by atoms with E-state index in [1.54, 1.807) is 7.05 Å². The van der Waals surface area contributed by atoms with Crippen molar-refractivity contribution < 1.29 is 17.9 Å². The highest BCUT2D eigenvalue weighted by atomic mass is 32.2. The summed E-state index contributed by atoms with van der Waals surface area (Å²) >= 11 is 0. The summed E-state index contributed by atoms with van der Waals surface area (Å²) in [6, 6.07) is 6.09. The number of benzene rings is 1.